The van der Waals surface area contributed by atoms with E-state index in [1.807, 2.05) is 0 Å². The second kappa shape index (κ2) is 23.4. The van der Waals surface area contributed by atoms with Crippen molar-refractivity contribution in [2.75, 3.05) is 40.6 Å². The number of nitrogens with one attached hydrogen (secondary N) is 1. The normalized spacial score (nSPS) is 16.6. The van der Waals surface area contributed by atoms with Crippen LogP contribution in [0, 0.1) is 5.92 Å². The number of esters is 1. The van der Waals surface area contributed by atoms with Gasteiger partial charge in [0.25, 0.3) is 0 Å². The average molecular weight is 692 g/mol. The smallest absolute Gasteiger partial charge is 0.339 e. The number of aliphatic hydroxyl groups is 1. The lowest BCUT2D eigenvalue weighted by Crippen LogP contribution is -2.56. The van der Waals surface area contributed by atoms with E-state index >= 15 is 0 Å². The van der Waals surface area contributed by atoms with Crippen molar-refractivity contribution < 1.29 is 48.3 Å². The molecule has 1 aromatic carbocycles. The molecule has 0 unspecified atom stereocenters. The topological polar surface area (TPSA) is 150 Å². The molecule has 2 rings (SSSR count). The second-order valence-corrected chi connectivity index (χ2v) is 12.9. The molecule has 11 nitrogen and oxygen atoms in total. The molecule has 0 saturated carbocycles. The van der Waals surface area contributed by atoms with Gasteiger partial charge in [0.1, 0.15) is 11.8 Å². The van der Waals surface area contributed by atoms with Crippen molar-refractivity contribution in [3.05, 3.63) is 42.0 Å². The third-order valence-corrected chi connectivity index (χ3v) is 8.95. The maximum absolute atomic E-state index is 13.6. The zero-order valence-electron chi connectivity index (χ0n) is 30.2. The Morgan fingerprint density at radius 3 is 2.10 bits per heavy atom. The Labute approximate surface area is 293 Å². The number of rotatable bonds is 27. The largest absolute Gasteiger partial charge is 0.494 e. The van der Waals surface area contributed by atoms with Crippen molar-refractivity contribution in [3.63, 3.8) is 0 Å². The molecule has 3 atom stereocenters. The minimum absolute atomic E-state index is 0.0933. The van der Waals surface area contributed by atoms with Gasteiger partial charge >= 0.3 is 11.9 Å². The van der Waals surface area contributed by atoms with Crippen LogP contribution in [0.1, 0.15) is 109 Å². The molecule has 1 heterocycles. The molecule has 1 aromatic rings. The van der Waals surface area contributed by atoms with Gasteiger partial charge in [0.15, 0.2) is 11.4 Å². The van der Waals surface area contributed by atoms with Crippen molar-refractivity contribution in [1.82, 2.24) is 5.32 Å². The van der Waals surface area contributed by atoms with E-state index in [2.05, 4.69) is 19.2 Å². The number of carbonyl (C=O) groups excluding carboxylic acids is 2. The fraction of sp³-hybridized carbons (Fsp3) is 0.711. The zero-order chi connectivity index (χ0) is 36.0. The molecule has 1 saturated heterocycles. The lowest BCUT2D eigenvalue weighted by Gasteiger charge is -2.30. The van der Waals surface area contributed by atoms with Crippen LogP contribution in [0.5, 0.6) is 5.75 Å². The summed E-state index contributed by atoms with van der Waals surface area (Å²) in [4.78, 5) is 38.5. The maximum Gasteiger partial charge on any atom is 0.339 e. The molecular weight excluding hydrogens is 630 g/mol. The predicted octanol–water partition coefficient (Wildman–Crippen LogP) is 6.14. The number of methoxy groups -OCH3 is 2. The number of carboxylic acid groups (broad SMARTS) is 1. The molecule has 11 heteroatoms. The van der Waals surface area contributed by atoms with Crippen LogP contribution in [0.15, 0.2) is 36.4 Å². The minimum atomic E-state index is -2.56. The first-order valence-electron chi connectivity index (χ1n) is 18.1. The molecule has 1 aliphatic heterocycles. The number of hydrogen-bond acceptors (Lipinski definition) is 9. The van der Waals surface area contributed by atoms with E-state index in [1.165, 1.54) is 46.0 Å². The summed E-state index contributed by atoms with van der Waals surface area (Å²) >= 11 is 0. The van der Waals surface area contributed by atoms with Crippen molar-refractivity contribution >= 4 is 17.8 Å². The van der Waals surface area contributed by atoms with Gasteiger partial charge in [0, 0.05) is 26.4 Å². The summed E-state index contributed by atoms with van der Waals surface area (Å²) in [5.41, 5.74) is -1.82. The first kappa shape index (κ1) is 42.2. The van der Waals surface area contributed by atoms with Crippen LogP contribution in [-0.4, -0.2) is 86.1 Å². The van der Waals surface area contributed by atoms with Crippen molar-refractivity contribution in [3.8, 4) is 5.75 Å². The van der Waals surface area contributed by atoms with Crippen molar-refractivity contribution in [1.29, 1.82) is 0 Å². The predicted molar refractivity (Wildman–Crippen MR) is 187 cm³/mol. The summed E-state index contributed by atoms with van der Waals surface area (Å²) in [6, 6.07) is 6.05. The first-order chi connectivity index (χ1) is 23.6. The molecule has 0 radical (unpaired) electrons. The first-order valence-corrected chi connectivity index (χ1v) is 18.1. The third-order valence-electron chi connectivity index (χ3n) is 8.95. The molecule has 0 bridgehead atoms. The lowest BCUT2D eigenvalue weighted by atomic mass is 9.86. The van der Waals surface area contributed by atoms with Crippen LogP contribution in [0.2, 0.25) is 0 Å². The number of amides is 1. The molecule has 1 fully saturated rings. The minimum Gasteiger partial charge on any atom is -0.494 e. The molecule has 3 N–H and O–H groups in total. The molecule has 0 spiro atoms. The fourth-order valence-electron chi connectivity index (χ4n) is 6.01. The summed E-state index contributed by atoms with van der Waals surface area (Å²) in [5, 5.41) is 23.7. The number of carboxylic acids is 1. The Balaban J connectivity index is 1.99. The monoisotopic (exact) mass is 691 g/mol. The molecule has 1 amide bonds. The summed E-state index contributed by atoms with van der Waals surface area (Å²) in [5.74, 6) is -4.42. The summed E-state index contributed by atoms with van der Waals surface area (Å²) in [6.07, 6.45) is 17.2. The molecule has 1 aliphatic rings. The fourth-order valence-corrected chi connectivity index (χ4v) is 6.01. The Kier molecular flexibility index (Phi) is 20.2. The number of hydrogen-bond donors (Lipinski definition) is 3. The van der Waals surface area contributed by atoms with E-state index in [1.54, 1.807) is 30.3 Å². The molecular formula is C38H61NO10. The van der Waals surface area contributed by atoms with E-state index in [9.17, 15) is 24.6 Å². The van der Waals surface area contributed by atoms with Gasteiger partial charge in [-0.2, -0.15) is 0 Å². The van der Waals surface area contributed by atoms with Gasteiger partial charge in [-0.05, 0) is 49.8 Å². The van der Waals surface area contributed by atoms with E-state index in [0.717, 1.165) is 63.4 Å². The van der Waals surface area contributed by atoms with Crippen LogP contribution in [0.25, 0.3) is 0 Å². The van der Waals surface area contributed by atoms with Crippen LogP contribution in [0.3, 0.4) is 0 Å². The van der Waals surface area contributed by atoms with Crippen LogP contribution >= 0.6 is 0 Å². The van der Waals surface area contributed by atoms with E-state index in [0.29, 0.717) is 32.0 Å². The van der Waals surface area contributed by atoms with Crippen LogP contribution < -0.4 is 10.1 Å². The van der Waals surface area contributed by atoms with Gasteiger partial charge < -0.3 is 39.2 Å². The van der Waals surface area contributed by atoms with Gasteiger partial charge in [0.2, 0.25) is 5.91 Å². The highest BCUT2D eigenvalue weighted by Crippen LogP contribution is 2.32. The Morgan fingerprint density at radius 2 is 1.53 bits per heavy atom. The molecule has 49 heavy (non-hydrogen) atoms. The Morgan fingerprint density at radius 1 is 0.918 bits per heavy atom. The molecule has 278 valence electrons. The second-order valence-electron chi connectivity index (χ2n) is 12.9. The van der Waals surface area contributed by atoms with Crippen LogP contribution in [-0.2, 0) is 39.8 Å². The summed E-state index contributed by atoms with van der Waals surface area (Å²) < 4.78 is 27.7. The molecule has 0 aromatic heterocycles. The highest BCUT2D eigenvalue weighted by molar-refractivity contribution is 5.93. The van der Waals surface area contributed by atoms with Crippen molar-refractivity contribution in [2.45, 2.75) is 128 Å². The van der Waals surface area contributed by atoms with E-state index in [4.69, 9.17) is 23.7 Å². The average Bonchev–Trinajstić information content (AvgIpc) is 3.56. The number of allylic oxidation sites excluding steroid dienone is 1. The number of ether oxygens (including phenoxy) is 5. The summed E-state index contributed by atoms with van der Waals surface area (Å²) in [6.45, 7) is 5.55. The number of unbranched alkanes of at least 4 members (excludes halogenated alkanes) is 9. The third kappa shape index (κ3) is 14.8. The quantitative estimate of drug-likeness (QED) is 0.0558. The van der Waals surface area contributed by atoms with E-state index in [-0.39, 0.29) is 6.42 Å². The van der Waals surface area contributed by atoms with E-state index < -0.39 is 47.8 Å². The van der Waals surface area contributed by atoms with Gasteiger partial charge in [-0.25, -0.2) is 9.59 Å². The standard InChI is InChI=1S/C38H61NO10/c1-5-7-9-13-16-23-37(48-26-27-49-37)24-17-14-11-10-12-15-18-32(38(44,29-45-3)36(42)43)34(40)39-33(35(41)46-4)28-30-19-21-31(22-20-30)47-25-8-6-2/h15,18-22,32-33,44H,5-14,16-17,23-29H2,1-4H3,(H,39,40)(H,42,43)/b18-15+/t32-,33+,38+/m1/s1. The lowest BCUT2D eigenvalue weighted by molar-refractivity contribution is -0.173. The number of benzene rings is 1. The summed E-state index contributed by atoms with van der Waals surface area (Å²) in [7, 11) is 2.46. The maximum atomic E-state index is 13.6. The van der Waals surface area contributed by atoms with Crippen LogP contribution in [0.4, 0.5) is 0 Å². The number of aliphatic carboxylic acids is 1. The van der Waals surface area contributed by atoms with Gasteiger partial charge in [-0.3, -0.25) is 4.79 Å². The Bertz CT molecular complexity index is 1120. The van der Waals surface area contributed by atoms with Gasteiger partial charge in [0.05, 0.1) is 39.5 Å². The van der Waals surface area contributed by atoms with Gasteiger partial charge in [-0.1, -0.05) is 83.1 Å². The van der Waals surface area contributed by atoms with Gasteiger partial charge in [-0.15, -0.1) is 0 Å². The number of carbonyl (C=O) groups is 3. The highest BCUT2D eigenvalue weighted by Gasteiger charge is 2.48. The SMILES string of the molecule is CCCCCCCC1(CCCCCC/C=C/[C@H](C(=O)N[C@@H](Cc2ccc(OCCCC)cc2)C(=O)OC)[C@@](O)(COC)C(=O)O)OCCO1. The highest BCUT2D eigenvalue weighted by atomic mass is 16.7. The molecule has 0 aliphatic carbocycles. The zero-order valence-corrected chi connectivity index (χ0v) is 30.2. The Hall–Kier alpha value is -2.99. The van der Waals surface area contributed by atoms with Crippen molar-refractivity contribution in [2.24, 2.45) is 5.92 Å².